The second-order valence-corrected chi connectivity index (χ2v) is 10.1. The van der Waals surface area contributed by atoms with Crippen LogP contribution >= 0.6 is 0 Å². The van der Waals surface area contributed by atoms with Crippen LogP contribution in [0.15, 0.2) is 60.9 Å². The van der Waals surface area contributed by atoms with Crippen LogP contribution in [0.3, 0.4) is 0 Å². The molecule has 2 atom stereocenters. The van der Waals surface area contributed by atoms with Crippen LogP contribution in [0.25, 0.3) is 11.1 Å². The van der Waals surface area contributed by atoms with Crippen LogP contribution in [0.2, 0.25) is 0 Å². The monoisotopic (exact) mass is 484 g/mol. The molecule has 0 spiro atoms. The van der Waals surface area contributed by atoms with Crippen molar-refractivity contribution in [3.05, 3.63) is 83.2 Å². The Morgan fingerprint density at radius 3 is 2.39 bits per heavy atom. The van der Waals surface area contributed by atoms with Crippen LogP contribution in [0.5, 0.6) is 0 Å². The lowest BCUT2D eigenvalue weighted by Crippen LogP contribution is -2.27. The molecule has 1 saturated carbocycles. The summed E-state index contributed by atoms with van der Waals surface area (Å²) in [7, 11) is 0. The quantitative estimate of drug-likeness (QED) is 0.335. The average molecular weight is 485 g/mol. The number of aromatic nitrogens is 1. The van der Waals surface area contributed by atoms with E-state index in [2.05, 4.69) is 40.6 Å². The van der Waals surface area contributed by atoms with E-state index in [9.17, 15) is 14.7 Å². The Kier molecular flexibility index (Phi) is 8.19. The molecule has 1 aromatic heterocycles. The van der Waals surface area contributed by atoms with E-state index >= 15 is 0 Å². The first-order valence-electron chi connectivity index (χ1n) is 13.0. The molecule has 1 fully saturated rings. The van der Waals surface area contributed by atoms with Gasteiger partial charge in [0.05, 0.1) is 12.3 Å². The van der Waals surface area contributed by atoms with Gasteiger partial charge in [-0.2, -0.15) is 0 Å². The summed E-state index contributed by atoms with van der Waals surface area (Å²) in [4.78, 5) is 29.4. The number of nitrogens with one attached hydrogen (secondary N) is 1. The van der Waals surface area contributed by atoms with E-state index in [1.165, 1.54) is 0 Å². The van der Waals surface area contributed by atoms with Gasteiger partial charge >= 0.3 is 5.97 Å². The van der Waals surface area contributed by atoms with E-state index in [1.807, 2.05) is 51.4 Å². The van der Waals surface area contributed by atoms with Crippen molar-refractivity contribution in [3.8, 4) is 11.1 Å². The summed E-state index contributed by atoms with van der Waals surface area (Å²) >= 11 is 0. The molecule has 188 valence electrons. The van der Waals surface area contributed by atoms with Gasteiger partial charge < -0.3 is 10.4 Å². The number of nitrogens with zero attached hydrogens (tertiary/aromatic N) is 1. The Bertz CT molecular complexity index is 1210. The molecule has 2 N–H and O–H groups in total. The summed E-state index contributed by atoms with van der Waals surface area (Å²) in [5.41, 5.74) is 7.03. The zero-order valence-corrected chi connectivity index (χ0v) is 21.5. The number of carbonyl (C=O) groups excluding carboxylic acids is 1. The summed E-state index contributed by atoms with van der Waals surface area (Å²) in [6.45, 7) is 6.02. The number of hydrogen-bond acceptors (Lipinski definition) is 3. The first kappa shape index (κ1) is 25.6. The number of aryl methyl sites for hydroxylation is 1. The molecule has 36 heavy (non-hydrogen) atoms. The van der Waals surface area contributed by atoms with Crippen molar-refractivity contribution < 1.29 is 14.7 Å². The second kappa shape index (κ2) is 11.5. The van der Waals surface area contributed by atoms with Crippen molar-refractivity contribution in [1.82, 2.24) is 4.98 Å². The van der Waals surface area contributed by atoms with Crippen molar-refractivity contribution in [2.45, 2.75) is 71.1 Å². The highest BCUT2D eigenvalue weighted by molar-refractivity contribution is 5.97. The lowest BCUT2D eigenvalue weighted by molar-refractivity contribution is -0.137. The predicted molar refractivity (Wildman–Crippen MR) is 144 cm³/mol. The molecular weight excluding hydrogens is 448 g/mol. The van der Waals surface area contributed by atoms with Crippen LogP contribution in [-0.4, -0.2) is 22.0 Å². The third-order valence-corrected chi connectivity index (χ3v) is 7.62. The summed E-state index contributed by atoms with van der Waals surface area (Å²) in [6.07, 6.45) is 8.95. The Balaban J connectivity index is 1.60. The average Bonchev–Trinajstić information content (AvgIpc) is 3.39. The molecule has 5 heteroatoms. The van der Waals surface area contributed by atoms with E-state index < -0.39 is 5.97 Å². The fourth-order valence-electron chi connectivity index (χ4n) is 5.65. The number of amides is 1. The highest BCUT2D eigenvalue weighted by atomic mass is 16.4. The Morgan fingerprint density at radius 2 is 1.75 bits per heavy atom. The minimum Gasteiger partial charge on any atom is -0.481 e. The summed E-state index contributed by atoms with van der Waals surface area (Å²) in [5.74, 6) is -0.773. The normalized spacial score (nSPS) is 15.4. The van der Waals surface area contributed by atoms with Crippen LogP contribution < -0.4 is 5.32 Å². The molecule has 5 nitrogen and oxygen atoms in total. The van der Waals surface area contributed by atoms with Crippen molar-refractivity contribution in [2.75, 3.05) is 5.32 Å². The predicted octanol–water partition coefficient (Wildman–Crippen LogP) is 7.25. The third kappa shape index (κ3) is 5.84. The van der Waals surface area contributed by atoms with Gasteiger partial charge in [0.1, 0.15) is 0 Å². The second-order valence-electron chi connectivity index (χ2n) is 10.1. The first-order chi connectivity index (χ1) is 17.4. The molecule has 1 heterocycles. The number of aliphatic carboxylic acids is 1. The number of benzene rings is 2. The number of pyridine rings is 1. The molecule has 2 unspecified atom stereocenters. The maximum atomic E-state index is 13.8. The van der Waals surface area contributed by atoms with Crippen molar-refractivity contribution >= 4 is 17.6 Å². The molecule has 0 radical (unpaired) electrons. The van der Waals surface area contributed by atoms with E-state index in [4.69, 9.17) is 0 Å². The molecule has 3 aromatic rings. The highest BCUT2D eigenvalue weighted by Crippen LogP contribution is 2.39. The maximum absolute atomic E-state index is 13.8. The van der Waals surface area contributed by atoms with E-state index in [0.29, 0.717) is 5.92 Å². The van der Waals surface area contributed by atoms with Crippen LogP contribution in [-0.2, 0) is 9.59 Å². The summed E-state index contributed by atoms with van der Waals surface area (Å²) in [5, 5.41) is 12.6. The summed E-state index contributed by atoms with van der Waals surface area (Å²) < 4.78 is 0. The number of hydrogen-bond donors (Lipinski definition) is 2. The largest absolute Gasteiger partial charge is 0.481 e. The molecule has 1 aliphatic carbocycles. The van der Waals surface area contributed by atoms with Gasteiger partial charge in [0.2, 0.25) is 5.91 Å². The fourth-order valence-corrected chi connectivity index (χ4v) is 5.65. The highest BCUT2D eigenvalue weighted by Gasteiger charge is 2.32. The zero-order valence-electron chi connectivity index (χ0n) is 21.5. The topological polar surface area (TPSA) is 79.3 Å². The Labute approximate surface area is 214 Å². The lowest BCUT2D eigenvalue weighted by atomic mass is 9.83. The van der Waals surface area contributed by atoms with Gasteiger partial charge in [-0.15, -0.1) is 0 Å². The molecule has 4 rings (SSSR count). The minimum atomic E-state index is -0.804. The molecule has 0 aliphatic heterocycles. The SMILES string of the molecule is CCC(CC(=O)O)c1cccc(NC(=O)C(c2ccc(-c3cncc(C)c3)cc2)C2CCCC2)c1C. The van der Waals surface area contributed by atoms with Gasteiger partial charge in [-0.05, 0) is 84.9 Å². The number of carboxylic acids is 1. The van der Waals surface area contributed by atoms with Gasteiger partial charge in [-0.1, -0.05) is 56.2 Å². The van der Waals surface area contributed by atoms with Gasteiger partial charge in [0.15, 0.2) is 0 Å². The minimum absolute atomic E-state index is 0.0124. The smallest absolute Gasteiger partial charge is 0.303 e. The van der Waals surface area contributed by atoms with Gasteiger partial charge in [-0.3, -0.25) is 14.6 Å². The van der Waals surface area contributed by atoms with Crippen LogP contribution in [0.1, 0.15) is 79.5 Å². The van der Waals surface area contributed by atoms with Crippen LogP contribution in [0.4, 0.5) is 5.69 Å². The molecule has 1 aliphatic rings. The number of rotatable bonds is 9. The summed E-state index contributed by atoms with van der Waals surface area (Å²) in [6, 6.07) is 16.3. The molecule has 0 bridgehead atoms. The lowest BCUT2D eigenvalue weighted by Gasteiger charge is -2.25. The standard InChI is InChI=1S/C31H36N2O3/c1-4-22(17-29(34)35)27-10-7-11-28(21(27)3)33-31(36)30(24-8-5-6-9-24)25-14-12-23(13-15-25)26-16-20(2)18-32-19-26/h7,10-16,18-19,22,24,30H,4-6,8-9,17H2,1-3H3,(H,33,36)(H,34,35). The molecule has 2 aromatic carbocycles. The third-order valence-electron chi connectivity index (χ3n) is 7.62. The number of carboxylic acid groups (broad SMARTS) is 1. The van der Waals surface area contributed by atoms with Gasteiger partial charge in [0, 0.05) is 23.6 Å². The zero-order chi connectivity index (χ0) is 25.7. The van der Waals surface area contributed by atoms with E-state index in [-0.39, 0.29) is 24.2 Å². The number of carbonyl (C=O) groups is 2. The molecule has 1 amide bonds. The van der Waals surface area contributed by atoms with E-state index in [1.54, 1.807) is 0 Å². The van der Waals surface area contributed by atoms with Crippen molar-refractivity contribution in [1.29, 1.82) is 0 Å². The Hall–Kier alpha value is -3.47. The maximum Gasteiger partial charge on any atom is 0.303 e. The van der Waals surface area contributed by atoms with Crippen molar-refractivity contribution in [3.63, 3.8) is 0 Å². The first-order valence-corrected chi connectivity index (χ1v) is 13.0. The van der Waals surface area contributed by atoms with Crippen molar-refractivity contribution in [2.24, 2.45) is 5.92 Å². The van der Waals surface area contributed by atoms with Crippen LogP contribution in [0, 0.1) is 19.8 Å². The van der Waals surface area contributed by atoms with Gasteiger partial charge in [-0.25, -0.2) is 0 Å². The Morgan fingerprint density at radius 1 is 1.03 bits per heavy atom. The number of anilines is 1. The van der Waals surface area contributed by atoms with Gasteiger partial charge in [0.25, 0.3) is 0 Å². The molecule has 0 saturated heterocycles. The fraction of sp³-hybridized carbons (Fsp3) is 0.387. The van der Waals surface area contributed by atoms with E-state index in [0.717, 1.165) is 71.2 Å². The molecular formula is C31H36N2O3.